The van der Waals surface area contributed by atoms with Gasteiger partial charge in [0.05, 0.1) is 12.6 Å². The number of hydrogen-bond acceptors (Lipinski definition) is 4. The van der Waals surface area contributed by atoms with Crippen molar-refractivity contribution in [2.75, 3.05) is 19.8 Å². The van der Waals surface area contributed by atoms with Crippen molar-refractivity contribution < 1.29 is 24.5 Å². The summed E-state index contributed by atoms with van der Waals surface area (Å²) in [7, 11) is 0. The second-order valence-corrected chi connectivity index (χ2v) is 5.67. The molecule has 7 heteroatoms. The summed E-state index contributed by atoms with van der Waals surface area (Å²) in [5.74, 6) is -1.07. The Morgan fingerprint density at radius 3 is 2.43 bits per heavy atom. The van der Waals surface area contributed by atoms with Gasteiger partial charge in [-0.1, -0.05) is 30.3 Å². The zero-order valence-corrected chi connectivity index (χ0v) is 12.8. The molecule has 7 nitrogen and oxygen atoms in total. The molecular weight excluding hydrogens is 300 g/mol. The van der Waals surface area contributed by atoms with E-state index in [1.165, 1.54) is 0 Å². The fourth-order valence-electron chi connectivity index (χ4n) is 2.61. The predicted molar refractivity (Wildman–Crippen MR) is 83.1 cm³/mol. The van der Waals surface area contributed by atoms with Crippen molar-refractivity contribution in [1.29, 1.82) is 0 Å². The Labute approximate surface area is 134 Å². The molecule has 1 aromatic carbocycles. The lowest BCUT2D eigenvalue weighted by molar-refractivity contribution is -0.148. The van der Waals surface area contributed by atoms with E-state index in [9.17, 15) is 19.8 Å². The van der Waals surface area contributed by atoms with E-state index in [2.05, 4.69) is 10.6 Å². The minimum atomic E-state index is -1.31. The lowest BCUT2D eigenvalue weighted by atomic mass is 9.90. The number of benzene rings is 1. The molecule has 0 aromatic heterocycles. The molecule has 1 aromatic rings. The van der Waals surface area contributed by atoms with Gasteiger partial charge in [-0.3, -0.25) is 0 Å². The molecule has 126 valence electrons. The van der Waals surface area contributed by atoms with Crippen LogP contribution in [0, 0.1) is 0 Å². The quantitative estimate of drug-likeness (QED) is 0.611. The topological polar surface area (TPSA) is 108 Å². The Hall–Kier alpha value is -2.12. The van der Waals surface area contributed by atoms with E-state index in [0.29, 0.717) is 19.6 Å². The van der Waals surface area contributed by atoms with Crippen LogP contribution in [-0.2, 0) is 16.0 Å². The van der Waals surface area contributed by atoms with Crippen LogP contribution in [-0.4, -0.2) is 53.6 Å². The summed E-state index contributed by atoms with van der Waals surface area (Å²) in [6.45, 7) is 0.353. The molecule has 2 rings (SSSR count). The summed E-state index contributed by atoms with van der Waals surface area (Å²) < 4.78 is 5.16. The number of aliphatic hydroxyl groups excluding tert-OH is 1. The first-order valence-corrected chi connectivity index (χ1v) is 7.60. The standard InChI is InChI=1S/C16H22N2O5/c19-11-13(10-12-4-2-1-3-5-12)17-15(22)18-16(14(20)21)6-8-23-9-7-16/h1-5,13,19H,6-11H2,(H,20,21)(H2,17,18,22)/t13-/m0/s1. The molecule has 1 heterocycles. The van der Waals surface area contributed by atoms with E-state index in [4.69, 9.17) is 4.74 Å². The number of ether oxygens (including phenoxy) is 1. The third kappa shape index (κ3) is 4.67. The first-order valence-electron chi connectivity index (χ1n) is 7.60. The maximum atomic E-state index is 12.1. The highest BCUT2D eigenvalue weighted by Crippen LogP contribution is 2.21. The second-order valence-electron chi connectivity index (χ2n) is 5.67. The van der Waals surface area contributed by atoms with Crippen LogP contribution in [0.4, 0.5) is 4.79 Å². The van der Waals surface area contributed by atoms with Crippen molar-refractivity contribution in [3.63, 3.8) is 0 Å². The van der Waals surface area contributed by atoms with Crippen molar-refractivity contribution in [1.82, 2.24) is 10.6 Å². The van der Waals surface area contributed by atoms with Crippen LogP contribution in [0.2, 0.25) is 0 Å². The van der Waals surface area contributed by atoms with Crippen molar-refractivity contribution in [2.45, 2.75) is 30.8 Å². The monoisotopic (exact) mass is 322 g/mol. The number of aliphatic hydroxyl groups is 1. The number of rotatable bonds is 6. The Morgan fingerprint density at radius 2 is 1.87 bits per heavy atom. The Balaban J connectivity index is 1.94. The maximum Gasteiger partial charge on any atom is 0.329 e. The summed E-state index contributed by atoms with van der Waals surface area (Å²) in [6, 6.07) is 8.38. The molecule has 1 atom stereocenters. The smallest absolute Gasteiger partial charge is 0.329 e. The molecule has 0 radical (unpaired) electrons. The van der Waals surface area contributed by atoms with Crippen LogP contribution >= 0.6 is 0 Å². The van der Waals surface area contributed by atoms with E-state index in [-0.39, 0.29) is 19.4 Å². The molecule has 0 bridgehead atoms. The van der Waals surface area contributed by atoms with E-state index in [0.717, 1.165) is 5.56 Å². The number of hydrogen-bond donors (Lipinski definition) is 4. The van der Waals surface area contributed by atoms with Crippen LogP contribution < -0.4 is 10.6 Å². The summed E-state index contributed by atoms with van der Waals surface area (Å²) in [5.41, 5.74) is -0.333. The van der Waals surface area contributed by atoms with Gasteiger partial charge < -0.3 is 25.6 Å². The second kappa shape index (κ2) is 7.94. The number of carboxylic acid groups (broad SMARTS) is 1. The number of carbonyl (C=O) groups excluding carboxylic acids is 1. The molecule has 2 amide bonds. The first kappa shape index (κ1) is 17.2. The average molecular weight is 322 g/mol. The van der Waals surface area contributed by atoms with E-state index >= 15 is 0 Å². The molecule has 4 N–H and O–H groups in total. The van der Waals surface area contributed by atoms with Gasteiger partial charge in [0.1, 0.15) is 5.54 Å². The van der Waals surface area contributed by atoms with Gasteiger partial charge in [-0.05, 0) is 12.0 Å². The first-order chi connectivity index (χ1) is 11.1. The summed E-state index contributed by atoms with van der Waals surface area (Å²) in [6.07, 6.45) is 0.907. The molecule has 1 saturated heterocycles. The molecule has 0 saturated carbocycles. The van der Waals surface area contributed by atoms with Crippen molar-refractivity contribution in [3.05, 3.63) is 35.9 Å². The average Bonchev–Trinajstić information content (AvgIpc) is 2.55. The molecule has 0 unspecified atom stereocenters. The highest BCUT2D eigenvalue weighted by Gasteiger charge is 2.41. The molecule has 23 heavy (non-hydrogen) atoms. The van der Waals surface area contributed by atoms with Crippen molar-refractivity contribution in [3.8, 4) is 0 Å². The van der Waals surface area contributed by atoms with Gasteiger partial charge in [0.25, 0.3) is 0 Å². The van der Waals surface area contributed by atoms with Gasteiger partial charge in [0, 0.05) is 26.1 Å². The number of nitrogens with one attached hydrogen (secondary N) is 2. The zero-order valence-electron chi connectivity index (χ0n) is 12.8. The molecule has 0 aliphatic carbocycles. The van der Waals surface area contributed by atoms with Gasteiger partial charge in [-0.15, -0.1) is 0 Å². The number of aliphatic carboxylic acids is 1. The van der Waals surface area contributed by atoms with Gasteiger partial charge in [-0.2, -0.15) is 0 Å². The Bertz CT molecular complexity index is 529. The summed E-state index contributed by atoms with van der Waals surface area (Å²) in [4.78, 5) is 23.7. The SMILES string of the molecule is O=C(N[C@H](CO)Cc1ccccc1)NC1(C(=O)O)CCOCC1. The minimum Gasteiger partial charge on any atom is -0.480 e. The number of urea groups is 1. The lowest BCUT2D eigenvalue weighted by Crippen LogP contribution is -2.61. The number of carboxylic acids is 1. The number of amides is 2. The van der Waals surface area contributed by atoms with Crippen LogP contribution in [0.5, 0.6) is 0 Å². The van der Waals surface area contributed by atoms with E-state index in [1.54, 1.807) is 0 Å². The fourth-order valence-corrected chi connectivity index (χ4v) is 2.61. The van der Waals surface area contributed by atoms with Crippen LogP contribution in [0.3, 0.4) is 0 Å². The van der Waals surface area contributed by atoms with Gasteiger partial charge >= 0.3 is 12.0 Å². The van der Waals surface area contributed by atoms with E-state index in [1.807, 2.05) is 30.3 Å². The maximum absolute atomic E-state index is 12.1. The zero-order chi connectivity index (χ0) is 16.7. The van der Waals surface area contributed by atoms with Crippen molar-refractivity contribution >= 4 is 12.0 Å². The van der Waals surface area contributed by atoms with Gasteiger partial charge in [0.15, 0.2) is 0 Å². The molecular formula is C16H22N2O5. The Morgan fingerprint density at radius 1 is 1.22 bits per heavy atom. The summed E-state index contributed by atoms with van der Waals surface area (Å²) >= 11 is 0. The fraction of sp³-hybridized carbons (Fsp3) is 0.500. The molecule has 0 spiro atoms. The molecule has 1 aliphatic rings. The Kier molecular flexibility index (Phi) is 5.95. The predicted octanol–water partition coefficient (Wildman–Crippen LogP) is 0.523. The van der Waals surface area contributed by atoms with Gasteiger partial charge in [-0.25, -0.2) is 9.59 Å². The van der Waals surface area contributed by atoms with E-state index < -0.39 is 23.6 Å². The van der Waals surface area contributed by atoms with Crippen LogP contribution in [0.1, 0.15) is 18.4 Å². The normalized spacial score (nSPS) is 18.0. The molecule has 1 fully saturated rings. The molecule has 1 aliphatic heterocycles. The highest BCUT2D eigenvalue weighted by atomic mass is 16.5. The lowest BCUT2D eigenvalue weighted by Gasteiger charge is -2.34. The van der Waals surface area contributed by atoms with Gasteiger partial charge in [0.2, 0.25) is 0 Å². The third-order valence-corrected chi connectivity index (χ3v) is 3.99. The summed E-state index contributed by atoms with van der Waals surface area (Å²) in [5, 5.41) is 24.0. The number of carbonyl (C=O) groups is 2. The van der Waals surface area contributed by atoms with Crippen LogP contribution in [0.25, 0.3) is 0 Å². The minimum absolute atomic E-state index is 0.220. The largest absolute Gasteiger partial charge is 0.480 e. The van der Waals surface area contributed by atoms with Crippen LogP contribution in [0.15, 0.2) is 30.3 Å². The van der Waals surface area contributed by atoms with Crippen molar-refractivity contribution in [2.24, 2.45) is 0 Å². The third-order valence-electron chi connectivity index (χ3n) is 3.99. The highest BCUT2D eigenvalue weighted by molar-refractivity contribution is 5.86.